The van der Waals surface area contributed by atoms with E-state index in [0.29, 0.717) is 6.79 Å². The van der Waals surface area contributed by atoms with Crippen molar-refractivity contribution < 1.29 is 9.47 Å². The van der Waals surface area contributed by atoms with E-state index >= 15 is 0 Å². The molecule has 0 spiro atoms. The summed E-state index contributed by atoms with van der Waals surface area (Å²) >= 11 is 0. The minimum atomic E-state index is 0.324. The van der Waals surface area contributed by atoms with Gasteiger partial charge in [0.25, 0.3) is 0 Å². The molecule has 0 amide bonds. The standard InChI is InChI=1S/C18H28N4O2/c1-19-18(21-9-12-22-10-3-2-4-11-22)20-8-7-15-5-6-16-17(13-15)24-14-23-16/h5-6,13H,2-4,7-12,14H2,1H3,(H2,19,20,21). The molecular formula is C18H28N4O2. The summed E-state index contributed by atoms with van der Waals surface area (Å²) in [5, 5.41) is 6.77. The van der Waals surface area contributed by atoms with Gasteiger partial charge < -0.3 is 25.0 Å². The van der Waals surface area contributed by atoms with Crippen molar-refractivity contribution >= 4 is 5.96 Å². The molecule has 0 atom stereocenters. The van der Waals surface area contributed by atoms with Crippen LogP contribution >= 0.6 is 0 Å². The van der Waals surface area contributed by atoms with Gasteiger partial charge in [0.05, 0.1) is 0 Å². The van der Waals surface area contributed by atoms with Crippen LogP contribution in [-0.2, 0) is 6.42 Å². The minimum Gasteiger partial charge on any atom is -0.454 e. The Morgan fingerprint density at radius 3 is 2.71 bits per heavy atom. The van der Waals surface area contributed by atoms with Crippen molar-refractivity contribution in [3.8, 4) is 11.5 Å². The van der Waals surface area contributed by atoms with E-state index in [1.807, 2.05) is 13.1 Å². The number of benzene rings is 1. The molecule has 3 rings (SSSR count). The molecule has 0 aromatic heterocycles. The molecule has 0 bridgehead atoms. The number of hydrogen-bond acceptors (Lipinski definition) is 4. The van der Waals surface area contributed by atoms with Crippen LogP contribution in [0.25, 0.3) is 0 Å². The molecule has 2 aliphatic heterocycles. The van der Waals surface area contributed by atoms with Gasteiger partial charge in [-0.2, -0.15) is 0 Å². The van der Waals surface area contributed by atoms with Crippen LogP contribution in [0.3, 0.4) is 0 Å². The van der Waals surface area contributed by atoms with Crippen molar-refractivity contribution in [3.63, 3.8) is 0 Å². The number of guanidine groups is 1. The molecule has 132 valence electrons. The number of likely N-dealkylation sites (tertiary alicyclic amines) is 1. The molecule has 1 aromatic carbocycles. The molecule has 0 unspecified atom stereocenters. The zero-order chi connectivity index (χ0) is 16.6. The highest BCUT2D eigenvalue weighted by molar-refractivity contribution is 5.79. The third kappa shape index (κ3) is 4.77. The largest absolute Gasteiger partial charge is 0.454 e. The summed E-state index contributed by atoms with van der Waals surface area (Å²) in [6.45, 7) is 5.65. The fourth-order valence-corrected chi connectivity index (χ4v) is 3.16. The molecule has 1 fully saturated rings. The molecule has 1 saturated heterocycles. The molecule has 0 saturated carbocycles. The number of ether oxygens (including phenoxy) is 2. The molecule has 6 nitrogen and oxygen atoms in total. The van der Waals surface area contributed by atoms with Crippen LogP contribution in [0.15, 0.2) is 23.2 Å². The second-order valence-electron chi connectivity index (χ2n) is 6.27. The van der Waals surface area contributed by atoms with Gasteiger partial charge >= 0.3 is 0 Å². The first-order chi connectivity index (χ1) is 11.8. The van der Waals surface area contributed by atoms with Crippen LogP contribution in [0.2, 0.25) is 0 Å². The molecular weight excluding hydrogens is 304 g/mol. The predicted molar refractivity (Wildman–Crippen MR) is 95.9 cm³/mol. The summed E-state index contributed by atoms with van der Waals surface area (Å²) in [5.74, 6) is 2.55. The van der Waals surface area contributed by atoms with Crippen molar-refractivity contribution in [3.05, 3.63) is 23.8 Å². The summed E-state index contributed by atoms with van der Waals surface area (Å²) in [6.07, 6.45) is 4.97. The van der Waals surface area contributed by atoms with Gasteiger partial charge in [0, 0.05) is 26.7 Å². The number of aliphatic imine (C=N–C) groups is 1. The fourth-order valence-electron chi connectivity index (χ4n) is 3.16. The molecule has 0 radical (unpaired) electrons. The Morgan fingerprint density at radius 1 is 1.08 bits per heavy atom. The monoisotopic (exact) mass is 332 g/mol. The molecule has 2 aliphatic rings. The lowest BCUT2D eigenvalue weighted by Crippen LogP contribution is -2.43. The summed E-state index contributed by atoms with van der Waals surface area (Å²) in [7, 11) is 1.82. The first kappa shape index (κ1) is 16.9. The van der Waals surface area contributed by atoms with Crippen molar-refractivity contribution in [2.45, 2.75) is 25.7 Å². The lowest BCUT2D eigenvalue weighted by atomic mass is 10.1. The van der Waals surface area contributed by atoms with E-state index in [-0.39, 0.29) is 0 Å². The minimum absolute atomic E-state index is 0.324. The number of nitrogens with zero attached hydrogens (tertiary/aromatic N) is 2. The maximum atomic E-state index is 5.42. The van der Waals surface area contributed by atoms with Gasteiger partial charge in [0.15, 0.2) is 17.5 Å². The Kier molecular flexibility index (Phi) is 6.18. The zero-order valence-electron chi connectivity index (χ0n) is 14.5. The Hall–Kier alpha value is -1.95. The molecule has 1 aromatic rings. The second-order valence-corrected chi connectivity index (χ2v) is 6.27. The molecule has 2 N–H and O–H groups in total. The summed E-state index contributed by atoms with van der Waals surface area (Å²) in [4.78, 5) is 6.82. The third-order valence-corrected chi connectivity index (χ3v) is 4.54. The number of nitrogens with one attached hydrogen (secondary N) is 2. The van der Waals surface area contributed by atoms with Gasteiger partial charge in [0.1, 0.15) is 0 Å². The number of rotatable bonds is 6. The summed E-state index contributed by atoms with van der Waals surface area (Å²) in [5.41, 5.74) is 1.23. The molecule has 0 aliphatic carbocycles. The number of piperidine rings is 1. The lowest BCUT2D eigenvalue weighted by Gasteiger charge is -2.26. The van der Waals surface area contributed by atoms with Crippen molar-refractivity contribution in [1.29, 1.82) is 0 Å². The van der Waals surface area contributed by atoms with Gasteiger partial charge in [-0.1, -0.05) is 12.5 Å². The first-order valence-corrected chi connectivity index (χ1v) is 8.90. The summed E-state index contributed by atoms with van der Waals surface area (Å²) in [6, 6.07) is 6.11. The van der Waals surface area contributed by atoms with E-state index in [0.717, 1.165) is 43.5 Å². The van der Waals surface area contributed by atoms with Gasteiger partial charge in [-0.3, -0.25) is 4.99 Å². The molecule has 2 heterocycles. The van der Waals surface area contributed by atoms with Crippen LogP contribution in [0.4, 0.5) is 0 Å². The normalized spacial score (nSPS) is 17.8. The van der Waals surface area contributed by atoms with Crippen molar-refractivity contribution in [1.82, 2.24) is 15.5 Å². The van der Waals surface area contributed by atoms with Gasteiger partial charge in [-0.15, -0.1) is 0 Å². The van der Waals surface area contributed by atoms with Crippen molar-refractivity contribution in [2.75, 3.05) is 46.6 Å². The Balaban J connectivity index is 1.35. The van der Waals surface area contributed by atoms with E-state index in [1.54, 1.807) is 0 Å². The first-order valence-electron chi connectivity index (χ1n) is 8.90. The van der Waals surface area contributed by atoms with Gasteiger partial charge in [-0.25, -0.2) is 0 Å². The maximum Gasteiger partial charge on any atom is 0.231 e. The highest BCUT2D eigenvalue weighted by Gasteiger charge is 2.13. The second kappa shape index (κ2) is 8.78. The Morgan fingerprint density at radius 2 is 1.88 bits per heavy atom. The molecule has 24 heavy (non-hydrogen) atoms. The van der Waals surface area contributed by atoms with Crippen LogP contribution in [0, 0.1) is 0 Å². The zero-order valence-corrected chi connectivity index (χ0v) is 14.5. The van der Waals surface area contributed by atoms with E-state index in [4.69, 9.17) is 9.47 Å². The van der Waals surface area contributed by atoms with Crippen molar-refractivity contribution in [2.24, 2.45) is 4.99 Å². The number of fused-ring (bicyclic) bond motifs is 1. The van der Waals surface area contributed by atoms with Gasteiger partial charge in [-0.05, 0) is 50.0 Å². The average molecular weight is 332 g/mol. The van der Waals surface area contributed by atoms with Crippen LogP contribution < -0.4 is 20.1 Å². The number of hydrogen-bond donors (Lipinski definition) is 2. The smallest absolute Gasteiger partial charge is 0.231 e. The van der Waals surface area contributed by atoms with Crippen LogP contribution in [-0.4, -0.2) is 57.4 Å². The SMILES string of the molecule is CN=C(NCCc1ccc2c(c1)OCO2)NCCN1CCCCC1. The Bertz CT molecular complexity index is 556. The van der Waals surface area contributed by atoms with Crippen LogP contribution in [0.5, 0.6) is 11.5 Å². The van der Waals surface area contributed by atoms with Crippen LogP contribution in [0.1, 0.15) is 24.8 Å². The fraction of sp³-hybridized carbons (Fsp3) is 0.611. The maximum absolute atomic E-state index is 5.42. The third-order valence-electron chi connectivity index (χ3n) is 4.54. The lowest BCUT2D eigenvalue weighted by molar-refractivity contribution is 0.174. The Labute approximate surface area is 144 Å². The topological polar surface area (TPSA) is 58.1 Å². The van der Waals surface area contributed by atoms with E-state index in [9.17, 15) is 0 Å². The van der Waals surface area contributed by atoms with Gasteiger partial charge in [0.2, 0.25) is 6.79 Å². The molecule has 6 heteroatoms. The summed E-state index contributed by atoms with van der Waals surface area (Å²) < 4.78 is 10.8. The van der Waals surface area contributed by atoms with E-state index in [1.165, 1.54) is 37.9 Å². The predicted octanol–water partition coefficient (Wildman–Crippen LogP) is 1.61. The van der Waals surface area contributed by atoms with E-state index in [2.05, 4.69) is 32.7 Å². The van der Waals surface area contributed by atoms with E-state index < -0.39 is 0 Å². The highest BCUT2D eigenvalue weighted by atomic mass is 16.7. The quantitative estimate of drug-likeness (QED) is 0.612. The highest BCUT2D eigenvalue weighted by Crippen LogP contribution is 2.32. The average Bonchev–Trinajstić information content (AvgIpc) is 3.09.